The normalized spacial score (nSPS) is 20.1. The SMILES string of the molecule is CCN1CCC(c2ncc(Br)o2)CC1. The Bertz CT molecular complexity index is 292. The van der Waals surface area contributed by atoms with E-state index in [4.69, 9.17) is 4.42 Å². The Balaban J connectivity index is 1.95. The van der Waals surface area contributed by atoms with Gasteiger partial charge in [-0.1, -0.05) is 6.92 Å². The van der Waals surface area contributed by atoms with Gasteiger partial charge >= 0.3 is 0 Å². The van der Waals surface area contributed by atoms with Crippen molar-refractivity contribution in [2.45, 2.75) is 25.7 Å². The van der Waals surface area contributed by atoms with Crippen LogP contribution in [0.2, 0.25) is 0 Å². The molecule has 14 heavy (non-hydrogen) atoms. The number of rotatable bonds is 2. The van der Waals surface area contributed by atoms with Crippen LogP contribution in [0.5, 0.6) is 0 Å². The first-order valence-electron chi connectivity index (χ1n) is 5.13. The molecule has 0 N–H and O–H groups in total. The lowest BCUT2D eigenvalue weighted by Crippen LogP contribution is -2.32. The molecule has 1 aliphatic heterocycles. The summed E-state index contributed by atoms with van der Waals surface area (Å²) < 4.78 is 6.22. The summed E-state index contributed by atoms with van der Waals surface area (Å²) in [5.74, 6) is 1.41. The lowest BCUT2D eigenvalue weighted by molar-refractivity contribution is 0.208. The van der Waals surface area contributed by atoms with Gasteiger partial charge in [-0.25, -0.2) is 4.98 Å². The second kappa shape index (κ2) is 4.45. The Morgan fingerprint density at radius 2 is 2.29 bits per heavy atom. The predicted molar refractivity (Wildman–Crippen MR) is 58.3 cm³/mol. The number of halogens is 1. The molecule has 1 aliphatic rings. The zero-order valence-electron chi connectivity index (χ0n) is 8.37. The van der Waals surface area contributed by atoms with Crippen molar-refractivity contribution in [3.8, 4) is 0 Å². The fourth-order valence-corrected chi connectivity index (χ4v) is 2.22. The first kappa shape index (κ1) is 10.2. The molecule has 0 radical (unpaired) electrons. The topological polar surface area (TPSA) is 29.3 Å². The minimum atomic E-state index is 0.518. The molecule has 1 aromatic rings. The van der Waals surface area contributed by atoms with E-state index in [1.807, 2.05) is 0 Å². The van der Waals surface area contributed by atoms with Gasteiger partial charge in [-0.15, -0.1) is 0 Å². The Morgan fingerprint density at radius 1 is 1.57 bits per heavy atom. The highest BCUT2D eigenvalue weighted by Crippen LogP contribution is 2.28. The van der Waals surface area contributed by atoms with Crippen LogP contribution in [-0.4, -0.2) is 29.5 Å². The molecule has 3 nitrogen and oxygen atoms in total. The van der Waals surface area contributed by atoms with Crippen LogP contribution in [0.3, 0.4) is 0 Å². The van der Waals surface area contributed by atoms with Crippen molar-refractivity contribution in [2.75, 3.05) is 19.6 Å². The summed E-state index contributed by atoms with van der Waals surface area (Å²) >= 11 is 3.28. The molecule has 2 rings (SSSR count). The van der Waals surface area contributed by atoms with Gasteiger partial charge in [0.15, 0.2) is 10.6 Å². The first-order chi connectivity index (χ1) is 6.79. The van der Waals surface area contributed by atoms with Crippen molar-refractivity contribution in [1.29, 1.82) is 0 Å². The largest absolute Gasteiger partial charge is 0.434 e. The number of hydrogen-bond acceptors (Lipinski definition) is 3. The number of oxazole rings is 1. The van der Waals surface area contributed by atoms with Gasteiger partial charge in [0.05, 0.1) is 6.20 Å². The van der Waals surface area contributed by atoms with E-state index < -0.39 is 0 Å². The number of hydrogen-bond donors (Lipinski definition) is 0. The van der Waals surface area contributed by atoms with Crippen LogP contribution in [0.25, 0.3) is 0 Å². The van der Waals surface area contributed by atoms with Gasteiger partial charge < -0.3 is 9.32 Å². The van der Waals surface area contributed by atoms with Gasteiger partial charge in [0, 0.05) is 5.92 Å². The van der Waals surface area contributed by atoms with Gasteiger partial charge in [0.2, 0.25) is 0 Å². The average molecular weight is 259 g/mol. The Kier molecular flexibility index (Phi) is 3.23. The van der Waals surface area contributed by atoms with Crippen molar-refractivity contribution in [3.05, 3.63) is 16.8 Å². The van der Waals surface area contributed by atoms with Crippen molar-refractivity contribution in [1.82, 2.24) is 9.88 Å². The third kappa shape index (κ3) is 2.17. The Morgan fingerprint density at radius 3 is 2.79 bits per heavy atom. The molecule has 1 aromatic heterocycles. The van der Waals surface area contributed by atoms with Gasteiger partial charge in [0.1, 0.15) is 0 Å². The first-order valence-corrected chi connectivity index (χ1v) is 5.92. The molecule has 0 aromatic carbocycles. The van der Waals surface area contributed by atoms with E-state index >= 15 is 0 Å². The molecule has 4 heteroatoms. The average Bonchev–Trinajstić information content (AvgIpc) is 2.65. The van der Waals surface area contributed by atoms with Crippen molar-refractivity contribution in [2.24, 2.45) is 0 Å². The molecule has 0 atom stereocenters. The molecule has 1 saturated heterocycles. The molecule has 0 bridgehead atoms. The lowest BCUT2D eigenvalue weighted by atomic mass is 9.97. The number of piperidine rings is 1. The van der Waals surface area contributed by atoms with Crippen LogP contribution in [0.4, 0.5) is 0 Å². The maximum absolute atomic E-state index is 5.48. The number of nitrogens with zero attached hydrogens (tertiary/aromatic N) is 2. The standard InChI is InChI=1S/C10H15BrN2O/c1-2-13-5-3-8(4-6-13)10-12-7-9(11)14-10/h7-8H,2-6H2,1H3. The highest BCUT2D eigenvalue weighted by atomic mass is 79.9. The summed E-state index contributed by atoms with van der Waals surface area (Å²) in [5, 5.41) is 0. The molecular formula is C10H15BrN2O. The minimum absolute atomic E-state index is 0.518. The summed E-state index contributed by atoms with van der Waals surface area (Å²) in [6.45, 7) is 5.70. The van der Waals surface area contributed by atoms with Crippen LogP contribution < -0.4 is 0 Å². The Hall–Kier alpha value is -0.350. The molecular weight excluding hydrogens is 244 g/mol. The molecule has 0 saturated carbocycles. The highest BCUT2D eigenvalue weighted by Gasteiger charge is 2.23. The lowest BCUT2D eigenvalue weighted by Gasteiger charge is -2.29. The Labute approximate surface area is 92.6 Å². The number of aromatic nitrogens is 1. The minimum Gasteiger partial charge on any atom is -0.434 e. The van der Waals surface area contributed by atoms with Crippen LogP contribution in [0, 0.1) is 0 Å². The van der Waals surface area contributed by atoms with Crippen molar-refractivity contribution in [3.63, 3.8) is 0 Å². The molecule has 2 heterocycles. The summed E-state index contributed by atoms with van der Waals surface area (Å²) in [6.07, 6.45) is 4.07. The molecule has 0 spiro atoms. The van der Waals surface area contributed by atoms with Crippen LogP contribution >= 0.6 is 15.9 Å². The zero-order chi connectivity index (χ0) is 9.97. The van der Waals surface area contributed by atoms with E-state index in [1.54, 1.807) is 6.20 Å². The fourth-order valence-electron chi connectivity index (χ4n) is 1.95. The monoisotopic (exact) mass is 258 g/mol. The van der Waals surface area contributed by atoms with Gasteiger partial charge in [0.25, 0.3) is 0 Å². The molecule has 78 valence electrons. The summed E-state index contributed by atoms with van der Waals surface area (Å²) in [5.41, 5.74) is 0. The molecule has 0 amide bonds. The summed E-state index contributed by atoms with van der Waals surface area (Å²) in [4.78, 5) is 6.73. The predicted octanol–water partition coefficient (Wildman–Crippen LogP) is 2.64. The van der Waals surface area contributed by atoms with Crippen LogP contribution in [0.15, 0.2) is 15.3 Å². The van der Waals surface area contributed by atoms with E-state index in [1.165, 1.54) is 25.9 Å². The van der Waals surface area contributed by atoms with Crippen LogP contribution in [-0.2, 0) is 0 Å². The maximum Gasteiger partial charge on any atom is 0.198 e. The van der Waals surface area contributed by atoms with Gasteiger partial charge in [-0.2, -0.15) is 0 Å². The van der Waals surface area contributed by atoms with E-state index in [0.29, 0.717) is 5.92 Å². The summed E-state index contributed by atoms with van der Waals surface area (Å²) in [7, 11) is 0. The molecule has 1 fully saturated rings. The third-order valence-electron chi connectivity index (χ3n) is 2.88. The third-order valence-corrected chi connectivity index (χ3v) is 3.25. The van der Waals surface area contributed by atoms with Crippen LogP contribution in [0.1, 0.15) is 31.6 Å². The summed E-state index contributed by atoms with van der Waals surface area (Å²) in [6, 6.07) is 0. The smallest absolute Gasteiger partial charge is 0.198 e. The fraction of sp³-hybridized carbons (Fsp3) is 0.700. The van der Waals surface area contributed by atoms with E-state index in [0.717, 1.165) is 17.1 Å². The van der Waals surface area contributed by atoms with E-state index in [-0.39, 0.29) is 0 Å². The quantitative estimate of drug-likeness (QED) is 0.817. The van der Waals surface area contributed by atoms with Crippen molar-refractivity contribution >= 4 is 15.9 Å². The highest BCUT2D eigenvalue weighted by molar-refractivity contribution is 9.10. The number of likely N-dealkylation sites (tertiary alicyclic amines) is 1. The van der Waals surface area contributed by atoms with Crippen molar-refractivity contribution < 1.29 is 4.42 Å². The van der Waals surface area contributed by atoms with Gasteiger partial charge in [-0.05, 0) is 48.4 Å². The van der Waals surface area contributed by atoms with Gasteiger partial charge in [-0.3, -0.25) is 0 Å². The second-order valence-corrected chi connectivity index (χ2v) is 4.49. The van der Waals surface area contributed by atoms with E-state index in [2.05, 4.69) is 32.7 Å². The van der Waals surface area contributed by atoms with E-state index in [9.17, 15) is 0 Å². The molecule has 0 unspecified atom stereocenters. The maximum atomic E-state index is 5.48. The second-order valence-electron chi connectivity index (χ2n) is 3.71. The zero-order valence-corrected chi connectivity index (χ0v) is 9.96. The molecule has 0 aliphatic carbocycles.